The van der Waals surface area contributed by atoms with Crippen LogP contribution in [0.3, 0.4) is 0 Å². The van der Waals surface area contributed by atoms with E-state index in [-0.39, 0.29) is 0 Å². The lowest BCUT2D eigenvalue weighted by Gasteiger charge is -2.46. The molecule has 3 aliphatic carbocycles. The summed E-state index contributed by atoms with van der Waals surface area (Å²) in [5.74, 6) is 5.34. The highest BCUT2D eigenvalue weighted by molar-refractivity contribution is 5.19. The predicted molar refractivity (Wildman–Crippen MR) is 81.5 cm³/mol. The van der Waals surface area contributed by atoms with Gasteiger partial charge in [-0.3, -0.25) is 9.80 Å². The summed E-state index contributed by atoms with van der Waals surface area (Å²) in [4.78, 5) is 5.84. The molecule has 6 atom stereocenters. The zero-order valence-corrected chi connectivity index (χ0v) is 13.2. The molecule has 0 aromatic rings. The van der Waals surface area contributed by atoms with Crippen molar-refractivity contribution in [1.82, 2.24) is 9.80 Å². The SMILES string of the molecule is CC(C)C1CN2CCCC2CN1C1C2C3CCC(C3)C21. The second-order valence-electron chi connectivity index (χ2n) is 8.78. The minimum atomic E-state index is 0.829. The summed E-state index contributed by atoms with van der Waals surface area (Å²) in [6.45, 7) is 9.07. The number of hydrogen-bond donors (Lipinski definition) is 0. The van der Waals surface area contributed by atoms with Crippen LogP contribution in [0.15, 0.2) is 0 Å². The molecule has 2 saturated heterocycles. The highest BCUT2D eigenvalue weighted by atomic mass is 15.4. The van der Waals surface area contributed by atoms with E-state index in [2.05, 4.69) is 23.6 Å². The van der Waals surface area contributed by atoms with Gasteiger partial charge in [-0.2, -0.15) is 0 Å². The lowest BCUT2D eigenvalue weighted by Crippen LogP contribution is -2.59. The molecule has 112 valence electrons. The molecule has 0 radical (unpaired) electrons. The third kappa shape index (κ3) is 1.58. The Morgan fingerprint density at radius 3 is 2.40 bits per heavy atom. The third-order valence-corrected chi connectivity index (χ3v) is 7.62. The van der Waals surface area contributed by atoms with Gasteiger partial charge in [0.05, 0.1) is 0 Å². The molecule has 0 aromatic carbocycles. The zero-order valence-electron chi connectivity index (χ0n) is 13.2. The van der Waals surface area contributed by atoms with Crippen molar-refractivity contribution in [3.05, 3.63) is 0 Å². The van der Waals surface area contributed by atoms with E-state index in [0.717, 1.165) is 47.7 Å². The van der Waals surface area contributed by atoms with Gasteiger partial charge in [-0.1, -0.05) is 13.8 Å². The van der Waals surface area contributed by atoms with Crippen LogP contribution in [0.1, 0.15) is 46.0 Å². The van der Waals surface area contributed by atoms with E-state index < -0.39 is 0 Å². The van der Waals surface area contributed by atoms with Gasteiger partial charge in [0.15, 0.2) is 0 Å². The molecule has 0 spiro atoms. The second kappa shape index (κ2) is 4.23. The van der Waals surface area contributed by atoms with Gasteiger partial charge in [-0.15, -0.1) is 0 Å². The van der Waals surface area contributed by atoms with Crippen molar-refractivity contribution in [1.29, 1.82) is 0 Å². The molecular formula is C18H30N2. The van der Waals surface area contributed by atoms with Crippen LogP contribution in [0.5, 0.6) is 0 Å². The average Bonchev–Trinajstić information content (AvgIpc) is 2.84. The Labute approximate surface area is 123 Å². The first-order chi connectivity index (χ1) is 9.74. The van der Waals surface area contributed by atoms with Crippen molar-refractivity contribution in [2.45, 2.75) is 64.1 Å². The van der Waals surface area contributed by atoms with Crippen molar-refractivity contribution < 1.29 is 0 Å². The Hall–Kier alpha value is -0.0800. The fourth-order valence-electron chi connectivity index (χ4n) is 6.72. The van der Waals surface area contributed by atoms with E-state index in [0.29, 0.717) is 0 Å². The Balaban J connectivity index is 1.38. The maximum absolute atomic E-state index is 3.02. The maximum Gasteiger partial charge on any atom is 0.0250 e. The Morgan fingerprint density at radius 2 is 1.70 bits per heavy atom. The molecule has 5 aliphatic rings. The van der Waals surface area contributed by atoms with Gasteiger partial charge in [-0.05, 0) is 68.2 Å². The fraction of sp³-hybridized carbons (Fsp3) is 1.00. The second-order valence-corrected chi connectivity index (χ2v) is 8.78. The van der Waals surface area contributed by atoms with Crippen molar-refractivity contribution in [2.75, 3.05) is 19.6 Å². The van der Waals surface area contributed by atoms with E-state index >= 15 is 0 Å². The van der Waals surface area contributed by atoms with Crippen LogP contribution in [0.4, 0.5) is 0 Å². The first kappa shape index (κ1) is 12.5. The van der Waals surface area contributed by atoms with E-state index in [1.807, 2.05) is 0 Å². The molecule has 6 unspecified atom stereocenters. The van der Waals surface area contributed by atoms with E-state index in [1.165, 1.54) is 32.5 Å². The van der Waals surface area contributed by atoms with Crippen LogP contribution >= 0.6 is 0 Å². The Morgan fingerprint density at radius 1 is 0.950 bits per heavy atom. The van der Waals surface area contributed by atoms with Crippen LogP contribution < -0.4 is 0 Å². The van der Waals surface area contributed by atoms with Gasteiger partial charge < -0.3 is 0 Å². The predicted octanol–water partition coefficient (Wildman–Crippen LogP) is 2.84. The molecule has 3 saturated carbocycles. The number of nitrogens with zero attached hydrogens (tertiary/aromatic N) is 2. The molecule has 2 bridgehead atoms. The Kier molecular flexibility index (Phi) is 2.63. The molecule has 20 heavy (non-hydrogen) atoms. The summed E-state index contributed by atoms with van der Waals surface area (Å²) in [5, 5.41) is 0. The highest BCUT2D eigenvalue weighted by Crippen LogP contribution is 2.67. The Bertz CT molecular complexity index is 390. The first-order valence-electron chi connectivity index (χ1n) is 9.24. The first-order valence-corrected chi connectivity index (χ1v) is 9.24. The standard InChI is InChI=1S/C18H30N2/c1-11(2)15-10-19-7-3-4-14(19)9-20(15)18-16-12-5-6-13(8-12)17(16)18/h11-18H,3-10H2,1-2H3. The molecule has 2 heteroatoms. The average molecular weight is 274 g/mol. The number of hydrogen-bond acceptors (Lipinski definition) is 2. The van der Waals surface area contributed by atoms with Gasteiger partial charge in [0, 0.05) is 31.2 Å². The zero-order chi connectivity index (χ0) is 13.4. The summed E-state index contributed by atoms with van der Waals surface area (Å²) >= 11 is 0. The lowest BCUT2D eigenvalue weighted by atomic mass is 9.95. The largest absolute Gasteiger partial charge is 0.298 e. The van der Waals surface area contributed by atoms with Crippen molar-refractivity contribution in [2.24, 2.45) is 29.6 Å². The normalized spacial score (nSPS) is 54.5. The molecular weight excluding hydrogens is 244 g/mol. The van der Waals surface area contributed by atoms with E-state index in [1.54, 1.807) is 19.3 Å². The van der Waals surface area contributed by atoms with Crippen LogP contribution in [-0.4, -0.2) is 47.6 Å². The molecule has 0 amide bonds. The van der Waals surface area contributed by atoms with Crippen molar-refractivity contribution in [3.63, 3.8) is 0 Å². The minimum Gasteiger partial charge on any atom is -0.298 e. The molecule has 0 aromatic heterocycles. The van der Waals surface area contributed by atoms with Crippen molar-refractivity contribution >= 4 is 0 Å². The lowest BCUT2D eigenvalue weighted by molar-refractivity contribution is 0.0131. The van der Waals surface area contributed by atoms with Crippen molar-refractivity contribution in [3.8, 4) is 0 Å². The molecule has 0 N–H and O–H groups in total. The minimum absolute atomic E-state index is 0.829. The highest BCUT2D eigenvalue weighted by Gasteiger charge is 2.67. The number of fused-ring (bicyclic) bond motifs is 6. The van der Waals surface area contributed by atoms with E-state index in [9.17, 15) is 0 Å². The topological polar surface area (TPSA) is 6.48 Å². The summed E-state index contributed by atoms with van der Waals surface area (Å²) in [6, 6.07) is 2.76. The fourth-order valence-corrected chi connectivity index (χ4v) is 6.72. The van der Waals surface area contributed by atoms with E-state index in [4.69, 9.17) is 0 Å². The van der Waals surface area contributed by atoms with Gasteiger partial charge in [-0.25, -0.2) is 0 Å². The van der Waals surface area contributed by atoms with Crippen LogP contribution in [0.25, 0.3) is 0 Å². The smallest absolute Gasteiger partial charge is 0.0250 e. The van der Waals surface area contributed by atoms with Gasteiger partial charge in [0.25, 0.3) is 0 Å². The van der Waals surface area contributed by atoms with Gasteiger partial charge in [0.1, 0.15) is 0 Å². The molecule has 2 heterocycles. The molecule has 2 aliphatic heterocycles. The van der Waals surface area contributed by atoms with Gasteiger partial charge in [0.2, 0.25) is 0 Å². The van der Waals surface area contributed by atoms with Crippen LogP contribution in [0.2, 0.25) is 0 Å². The monoisotopic (exact) mass is 274 g/mol. The number of rotatable bonds is 2. The van der Waals surface area contributed by atoms with Crippen LogP contribution in [-0.2, 0) is 0 Å². The summed E-state index contributed by atoms with van der Waals surface area (Å²) in [6.07, 6.45) is 7.65. The summed E-state index contributed by atoms with van der Waals surface area (Å²) in [5.41, 5.74) is 0. The van der Waals surface area contributed by atoms with Crippen LogP contribution in [0, 0.1) is 29.6 Å². The quantitative estimate of drug-likeness (QED) is 0.764. The number of piperazine rings is 1. The molecule has 2 nitrogen and oxygen atoms in total. The maximum atomic E-state index is 3.02. The molecule has 5 rings (SSSR count). The summed E-state index contributed by atoms with van der Waals surface area (Å²) in [7, 11) is 0. The summed E-state index contributed by atoms with van der Waals surface area (Å²) < 4.78 is 0. The van der Waals surface area contributed by atoms with Gasteiger partial charge >= 0.3 is 0 Å². The molecule has 5 fully saturated rings. The third-order valence-electron chi connectivity index (χ3n) is 7.62.